The van der Waals surface area contributed by atoms with E-state index < -0.39 is 29.8 Å². The van der Waals surface area contributed by atoms with Crippen molar-refractivity contribution in [3.63, 3.8) is 0 Å². The smallest absolute Gasteiger partial charge is 0.408 e. The molecule has 0 saturated carbocycles. The number of methoxy groups -OCH3 is 1. The number of nitrogens with one attached hydrogen (secondary N) is 2. The molecule has 1 aromatic rings. The number of amides is 2. The van der Waals surface area contributed by atoms with E-state index in [1.54, 1.807) is 20.8 Å². The lowest BCUT2D eigenvalue weighted by Crippen LogP contribution is -2.44. The fourth-order valence-electron chi connectivity index (χ4n) is 2.28. The van der Waals surface area contributed by atoms with E-state index in [1.165, 1.54) is 7.11 Å². The minimum Gasteiger partial charge on any atom is -0.467 e. The Labute approximate surface area is 176 Å². The van der Waals surface area contributed by atoms with E-state index in [0.717, 1.165) is 5.56 Å². The van der Waals surface area contributed by atoms with Gasteiger partial charge < -0.3 is 24.8 Å². The Hall–Kier alpha value is -3.35. The third-order valence-electron chi connectivity index (χ3n) is 3.58. The van der Waals surface area contributed by atoms with Gasteiger partial charge in [-0.3, -0.25) is 0 Å². The summed E-state index contributed by atoms with van der Waals surface area (Å²) in [5.74, 6) is -0.541. The number of unbranched alkanes of at least 4 members (excludes halogenated alkanes) is 1. The second kappa shape index (κ2) is 14.6. The van der Waals surface area contributed by atoms with Gasteiger partial charge in [0, 0.05) is 17.3 Å². The molecule has 2 amide bonds. The molecule has 2 N–H and O–H groups in total. The zero-order chi connectivity index (χ0) is 23.0. The Morgan fingerprint density at radius 3 is 2.23 bits per heavy atom. The maximum absolute atomic E-state index is 11.8. The zero-order valence-electron chi connectivity index (χ0n) is 17.8. The van der Waals surface area contributed by atoms with Crippen LogP contribution in [0.1, 0.15) is 45.6 Å². The third-order valence-corrected chi connectivity index (χ3v) is 3.58. The summed E-state index contributed by atoms with van der Waals surface area (Å²) < 4.78 is 15.0. The molecule has 0 unspecified atom stereocenters. The number of alkyl carbamates (subject to hydrolysis) is 2. The molecule has 1 rings (SSSR count). The van der Waals surface area contributed by atoms with Crippen LogP contribution in [-0.4, -0.2) is 43.5 Å². The highest BCUT2D eigenvalue weighted by Crippen LogP contribution is 2.09. The van der Waals surface area contributed by atoms with Crippen molar-refractivity contribution in [1.29, 1.82) is 10.8 Å². The summed E-state index contributed by atoms with van der Waals surface area (Å²) in [4.78, 5) is 35.3. The molecule has 0 saturated heterocycles. The summed E-state index contributed by atoms with van der Waals surface area (Å²) >= 11 is 0. The number of hydrogen-bond donors (Lipinski definition) is 2. The summed E-state index contributed by atoms with van der Waals surface area (Å²) in [5, 5.41) is 17.2. The highest BCUT2D eigenvalue weighted by molar-refractivity contribution is 5.81. The molecule has 0 spiro atoms. The van der Waals surface area contributed by atoms with E-state index in [9.17, 15) is 14.4 Å². The van der Waals surface area contributed by atoms with Gasteiger partial charge >= 0.3 is 18.2 Å². The summed E-state index contributed by atoms with van der Waals surface area (Å²) in [6, 6.07) is 8.59. The predicted molar refractivity (Wildman–Crippen MR) is 107 cm³/mol. The normalized spacial score (nSPS) is 11.1. The van der Waals surface area contributed by atoms with Crippen LogP contribution in [0.3, 0.4) is 0 Å². The lowest BCUT2D eigenvalue weighted by atomic mass is 10.1. The van der Waals surface area contributed by atoms with Crippen LogP contribution >= 0.6 is 0 Å². The van der Waals surface area contributed by atoms with E-state index in [-0.39, 0.29) is 6.61 Å². The zero-order valence-corrected chi connectivity index (χ0v) is 17.8. The van der Waals surface area contributed by atoms with E-state index >= 15 is 0 Å². The summed E-state index contributed by atoms with van der Waals surface area (Å²) in [7, 11) is 1.26. The molecule has 0 bridgehead atoms. The monoisotopic (exact) mass is 422 g/mol. The fraction of sp³-hybridized carbons (Fsp3) is 0.550. The summed E-state index contributed by atoms with van der Waals surface area (Å²) in [6.07, 6.45) is 0.399. The maximum Gasteiger partial charge on any atom is 0.408 e. The Morgan fingerprint density at radius 2 is 1.67 bits per heavy atom. The molecule has 10 heteroatoms. The van der Waals surface area contributed by atoms with Crippen molar-refractivity contribution in [1.82, 2.24) is 10.6 Å². The first-order chi connectivity index (χ1) is 14.2. The van der Waals surface area contributed by atoms with Crippen molar-refractivity contribution in [3.05, 3.63) is 35.9 Å². The Balaban J connectivity index is 0.00000407. The van der Waals surface area contributed by atoms with Gasteiger partial charge in [0.15, 0.2) is 0 Å². The number of benzene rings is 1. The Morgan fingerprint density at radius 1 is 1.03 bits per heavy atom. The van der Waals surface area contributed by atoms with E-state index in [2.05, 4.69) is 10.6 Å². The van der Waals surface area contributed by atoms with Crippen molar-refractivity contribution >= 4 is 18.2 Å². The molecule has 30 heavy (non-hydrogen) atoms. The van der Waals surface area contributed by atoms with Crippen LogP contribution < -0.4 is 10.6 Å². The molecule has 0 aromatic heterocycles. The molecule has 0 aliphatic carbocycles. The number of carbonyl (C=O) groups is 3. The van der Waals surface area contributed by atoms with Gasteiger partial charge in [-0.2, -0.15) is 0 Å². The molecular weight excluding hydrogens is 392 g/mol. The van der Waals surface area contributed by atoms with E-state index in [4.69, 9.17) is 25.0 Å². The number of esters is 1. The SMILES string of the molecule is COC(=O)[C@H](CCCCNC(=O)OCc1ccccc1)NC(=O)OC(C)(C)C.N#N. The molecular formula is C20H30N4O6. The molecule has 0 heterocycles. The molecule has 166 valence electrons. The van der Waals surface area contributed by atoms with Crippen LogP contribution in [0.25, 0.3) is 0 Å². The average Bonchev–Trinajstić information content (AvgIpc) is 2.71. The molecule has 1 aromatic carbocycles. The number of ether oxygens (including phenoxy) is 3. The second-order valence-electron chi connectivity index (χ2n) is 7.21. The summed E-state index contributed by atoms with van der Waals surface area (Å²) in [6.45, 7) is 5.82. The summed E-state index contributed by atoms with van der Waals surface area (Å²) in [5.41, 5.74) is 0.251. The number of nitrogens with zero attached hydrogens (tertiary/aromatic N) is 2. The number of carbonyl (C=O) groups excluding carboxylic acids is 3. The van der Waals surface area contributed by atoms with Crippen LogP contribution in [0.4, 0.5) is 9.59 Å². The van der Waals surface area contributed by atoms with Gasteiger partial charge in [-0.15, -0.1) is 0 Å². The highest BCUT2D eigenvalue weighted by Gasteiger charge is 2.24. The second-order valence-corrected chi connectivity index (χ2v) is 7.21. The van der Waals surface area contributed by atoms with E-state index in [1.807, 2.05) is 30.3 Å². The molecule has 10 nitrogen and oxygen atoms in total. The van der Waals surface area contributed by atoms with Crippen LogP contribution in [0.2, 0.25) is 0 Å². The van der Waals surface area contributed by atoms with Gasteiger partial charge in [-0.1, -0.05) is 30.3 Å². The first-order valence-corrected chi connectivity index (χ1v) is 9.43. The average molecular weight is 422 g/mol. The van der Waals surface area contributed by atoms with Crippen molar-refractivity contribution in [3.8, 4) is 0 Å². The van der Waals surface area contributed by atoms with Crippen molar-refractivity contribution in [2.45, 2.75) is 58.3 Å². The Bertz CT molecular complexity index is 673. The van der Waals surface area contributed by atoms with Gasteiger partial charge in [0.25, 0.3) is 0 Å². The van der Waals surface area contributed by atoms with Crippen LogP contribution in [0.15, 0.2) is 30.3 Å². The first kappa shape index (κ1) is 26.6. The maximum atomic E-state index is 11.8. The largest absolute Gasteiger partial charge is 0.467 e. The molecule has 0 aliphatic heterocycles. The van der Waals surface area contributed by atoms with Crippen LogP contribution in [-0.2, 0) is 25.6 Å². The molecule has 0 fully saturated rings. The lowest BCUT2D eigenvalue weighted by Gasteiger charge is -2.22. The van der Waals surface area contributed by atoms with E-state index in [0.29, 0.717) is 25.8 Å². The van der Waals surface area contributed by atoms with Gasteiger partial charge in [0.05, 0.1) is 7.11 Å². The fourth-order valence-corrected chi connectivity index (χ4v) is 2.28. The van der Waals surface area contributed by atoms with Gasteiger partial charge in [-0.05, 0) is 45.6 Å². The van der Waals surface area contributed by atoms with Crippen molar-refractivity contribution < 1.29 is 28.6 Å². The van der Waals surface area contributed by atoms with Crippen molar-refractivity contribution in [2.24, 2.45) is 0 Å². The highest BCUT2D eigenvalue weighted by atomic mass is 16.6. The molecule has 0 aliphatic rings. The Kier molecular flexibility index (Phi) is 13.0. The minimum absolute atomic E-state index is 0.205. The number of hydrogen-bond acceptors (Lipinski definition) is 8. The minimum atomic E-state index is -0.801. The molecule has 0 radical (unpaired) electrons. The topological polar surface area (TPSA) is 151 Å². The predicted octanol–water partition coefficient (Wildman–Crippen LogP) is 3.18. The van der Waals surface area contributed by atoms with Gasteiger partial charge in [-0.25, -0.2) is 14.4 Å². The van der Waals surface area contributed by atoms with Crippen LogP contribution in [0, 0.1) is 10.8 Å². The van der Waals surface area contributed by atoms with Gasteiger partial charge in [0.1, 0.15) is 18.2 Å². The first-order valence-electron chi connectivity index (χ1n) is 9.43. The van der Waals surface area contributed by atoms with Crippen molar-refractivity contribution in [2.75, 3.05) is 13.7 Å². The number of rotatable bonds is 9. The van der Waals surface area contributed by atoms with Gasteiger partial charge in [0.2, 0.25) is 0 Å². The quantitative estimate of drug-likeness (QED) is 0.266. The lowest BCUT2D eigenvalue weighted by molar-refractivity contribution is -0.143. The standard InChI is InChI=1S/C20H30N2O6.N2/c1-20(2,3)28-19(25)22-16(17(23)26-4)12-8-9-13-21-18(24)27-14-15-10-6-5-7-11-15;1-2/h5-7,10-11,16H,8-9,12-14H2,1-4H3,(H,21,24)(H,22,25);/t16-;/m0./s1. The third kappa shape index (κ3) is 12.9. The molecule has 1 atom stereocenters. The van der Waals surface area contributed by atoms with Crippen LogP contribution in [0.5, 0.6) is 0 Å².